The summed E-state index contributed by atoms with van der Waals surface area (Å²) >= 11 is 9.86. The van der Waals surface area contributed by atoms with Crippen LogP contribution in [0.5, 0.6) is 5.75 Å². The maximum Gasteiger partial charge on any atom is 0.115 e. The van der Waals surface area contributed by atoms with Gasteiger partial charge in [-0.3, -0.25) is 0 Å². The zero-order valence-corrected chi connectivity index (χ0v) is 13.4. The Labute approximate surface area is 137 Å². The van der Waals surface area contributed by atoms with Gasteiger partial charge in [-0.25, -0.2) is 0 Å². The minimum atomic E-state index is 0.246. The first kappa shape index (κ1) is 14.2. The number of benzene rings is 3. The lowest BCUT2D eigenvalue weighted by molar-refractivity contribution is 0.475. The lowest BCUT2D eigenvalue weighted by Crippen LogP contribution is -1.86. The molecule has 0 heterocycles. The van der Waals surface area contributed by atoms with Gasteiger partial charge in [-0.2, -0.15) is 0 Å². The lowest BCUT2D eigenvalue weighted by Gasteiger charge is -2.12. The summed E-state index contributed by atoms with van der Waals surface area (Å²) in [7, 11) is 0. The van der Waals surface area contributed by atoms with E-state index in [-0.39, 0.29) is 5.75 Å². The smallest absolute Gasteiger partial charge is 0.115 e. The van der Waals surface area contributed by atoms with Gasteiger partial charge in [0.1, 0.15) is 5.75 Å². The molecule has 1 N–H and O–H groups in total. The van der Waals surface area contributed by atoms with Crippen molar-refractivity contribution in [3.05, 3.63) is 76.2 Å². The van der Waals surface area contributed by atoms with Gasteiger partial charge in [0.05, 0.1) is 0 Å². The zero-order chi connectivity index (χ0) is 14.8. The molecule has 3 aromatic rings. The molecule has 0 aliphatic rings. The van der Waals surface area contributed by atoms with E-state index in [4.69, 9.17) is 11.6 Å². The Kier molecular flexibility index (Phi) is 4.00. The van der Waals surface area contributed by atoms with Crippen molar-refractivity contribution in [3.63, 3.8) is 0 Å². The molecule has 0 aliphatic heterocycles. The van der Waals surface area contributed by atoms with Crippen molar-refractivity contribution in [1.82, 2.24) is 0 Å². The molecule has 0 spiro atoms. The Hall–Kier alpha value is -1.77. The van der Waals surface area contributed by atoms with Gasteiger partial charge in [-0.05, 0) is 47.0 Å². The Balaban J connectivity index is 2.20. The molecule has 0 saturated carbocycles. The van der Waals surface area contributed by atoms with Crippen LogP contribution in [0.25, 0.3) is 22.3 Å². The van der Waals surface area contributed by atoms with Crippen molar-refractivity contribution in [1.29, 1.82) is 0 Å². The van der Waals surface area contributed by atoms with Crippen LogP contribution in [-0.2, 0) is 0 Å². The summed E-state index contributed by atoms with van der Waals surface area (Å²) < 4.78 is 1.04. The van der Waals surface area contributed by atoms with Crippen molar-refractivity contribution in [2.24, 2.45) is 0 Å². The first-order valence-electron chi connectivity index (χ1n) is 6.49. The molecule has 0 aliphatic carbocycles. The largest absolute Gasteiger partial charge is 0.508 e. The topological polar surface area (TPSA) is 20.2 Å². The minimum absolute atomic E-state index is 0.246. The van der Waals surface area contributed by atoms with Crippen LogP contribution in [-0.4, -0.2) is 5.11 Å². The highest BCUT2D eigenvalue weighted by Crippen LogP contribution is 2.38. The molecule has 1 nitrogen and oxygen atoms in total. The second-order valence-electron chi connectivity index (χ2n) is 4.72. The third-order valence-corrected chi connectivity index (χ3v) is 4.17. The summed E-state index contributed by atoms with van der Waals surface area (Å²) in [5.41, 5.74) is 4.13. The predicted molar refractivity (Wildman–Crippen MR) is 91.7 cm³/mol. The standard InChI is InChI=1S/C18H12BrClO/c19-14-8-4-12(5-9-14)16-2-1-3-17(20)18(16)13-6-10-15(21)11-7-13/h1-11,21H. The van der Waals surface area contributed by atoms with Crippen LogP contribution < -0.4 is 0 Å². The van der Waals surface area contributed by atoms with Crippen LogP contribution in [0.3, 0.4) is 0 Å². The summed E-state index contributed by atoms with van der Waals surface area (Å²) in [6, 6.07) is 21.1. The molecule has 0 fully saturated rings. The fourth-order valence-electron chi connectivity index (χ4n) is 2.32. The summed E-state index contributed by atoms with van der Waals surface area (Å²) in [5, 5.41) is 10.1. The highest BCUT2D eigenvalue weighted by Gasteiger charge is 2.11. The first-order valence-corrected chi connectivity index (χ1v) is 7.66. The predicted octanol–water partition coefficient (Wildman–Crippen LogP) is 6.14. The molecule has 104 valence electrons. The van der Waals surface area contributed by atoms with Gasteiger partial charge in [0, 0.05) is 15.1 Å². The number of rotatable bonds is 2. The van der Waals surface area contributed by atoms with E-state index in [0.717, 1.165) is 26.7 Å². The fourth-order valence-corrected chi connectivity index (χ4v) is 2.86. The summed E-state index contributed by atoms with van der Waals surface area (Å²) in [4.78, 5) is 0. The van der Waals surface area contributed by atoms with E-state index in [1.54, 1.807) is 12.1 Å². The zero-order valence-electron chi connectivity index (χ0n) is 11.1. The monoisotopic (exact) mass is 358 g/mol. The van der Waals surface area contributed by atoms with Crippen molar-refractivity contribution < 1.29 is 5.11 Å². The van der Waals surface area contributed by atoms with Gasteiger partial charge >= 0.3 is 0 Å². The molecule has 0 radical (unpaired) electrons. The summed E-state index contributed by atoms with van der Waals surface area (Å²) in [6.45, 7) is 0. The molecule has 0 unspecified atom stereocenters. The van der Waals surface area contributed by atoms with E-state index < -0.39 is 0 Å². The average Bonchev–Trinajstić information content (AvgIpc) is 2.49. The summed E-state index contributed by atoms with van der Waals surface area (Å²) in [6.07, 6.45) is 0. The van der Waals surface area contributed by atoms with Crippen molar-refractivity contribution in [3.8, 4) is 28.0 Å². The molecular weight excluding hydrogens is 348 g/mol. The fraction of sp³-hybridized carbons (Fsp3) is 0. The molecule has 0 bridgehead atoms. The van der Waals surface area contributed by atoms with Gasteiger partial charge in [0.15, 0.2) is 0 Å². The number of phenols is 1. The molecule has 3 aromatic carbocycles. The number of phenolic OH excluding ortho intramolecular Hbond substituents is 1. The number of hydrogen-bond acceptors (Lipinski definition) is 1. The van der Waals surface area contributed by atoms with E-state index in [9.17, 15) is 5.11 Å². The second-order valence-corrected chi connectivity index (χ2v) is 6.04. The van der Waals surface area contributed by atoms with Crippen LogP contribution in [0.2, 0.25) is 5.02 Å². The third-order valence-electron chi connectivity index (χ3n) is 3.32. The molecule has 3 rings (SSSR count). The van der Waals surface area contributed by atoms with E-state index in [1.165, 1.54) is 0 Å². The highest BCUT2D eigenvalue weighted by molar-refractivity contribution is 9.10. The third kappa shape index (κ3) is 2.97. The van der Waals surface area contributed by atoms with Gasteiger partial charge in [-0.1, -0.05) is 63.9 Å². The van der Waals surface area contributed by atoms with Gasteiger partial charge < -0.3 is 5.11 Å². The molecule has 0 amide bonds. The van der Waals surface area contributed by atoms with Crippen LogP contribution in [0.1, 0.15) is 0 Å². The van der Waals surface area contributed by atoms with Crippen molar-refractivity contribution in [2.75, 3.05) is 0 Å². The molecule has 0 atom stereocenters. The van der Waals surface area contributed by atoms with Crippen LogP contribution in [0.15, 0.2) is 71.2 Å². The van der Waals surface area contributed by atoms with E-state index in [0.29, 0.717) is 5.02 Å². The SMILES string of the molecule is Oc1ccc(-c2c(Cl)cccc2-c2ccc(Br)cc2)cc1. The summed E-state index contributed by atoms with van der Waals surface area (Å²) in [5.74, 6) is 0.246. The van der Waals surface area contributed by atoms with Crippen molar-refractivity contribution in [2.45, 2.75) is 0 Å². The van der Waals surface area contributed by atoms with Gasteiger partial charge in [0.2, 0.25) is 0 Å². The molecule has 0 saturated heterocycles. The van der Waals surface area contributed by atoms with Crippen LogP contribution >= 0.6 is 27.5 Å². The Morgan fingerprint density at radius 2 is 1.38 bits per heavy atom. The minimum Gasteiger partial charge on any atom is -0.508 e. The van der Waals surface area contributed by atoms with E-state index in [2.05, 4.69) is 34.1 Å². The Morgan fingerprint density at radius 3 is 2.05 bits per heavy atom. The average molecular weight is 360 g/mol. The van der Waals surface area contributed by atoms with E-state index >= 15 is 0 Å². The van der Waals surface area contributed by atoms with Crippen LogP contribution in [0.4, 0.5) is 0 Å². The molecule has 21 heavy (non-hydrogen) atoms. The maximum atomic E-state index is 9.45. The Bertz CT molecular complexity index is 764. The first-order chi connectivity index (χ1) is 10.1. The number of hydrogen-bond donors (Lipinski definition) is 1. The normalized spacial score (nSPS) is 10.6. The van der Waals surface area contributed by atoms with E-state index in [1.807, 2.05) is 36.4 Å². The Morgan fingerprint density at radius 1 is 0.762 bits per heavy atom. The quantitative estimate of drug-likeness (QED) is 0.582. The maximum absolute atomic E-state index is 9.45. The lowest BCUT2D eigenvalue weighted by atomic mass is 9.94. The van der Waals surface area contributed by atoms with Crippen molar-refractivity contribution >= 4 is 27.5 Å². The number of aromatic hydroxyl groups is 1. The van der Waals surface area contributed by atoms with Gasteiger partial charge in [-0.15, -0.1) is 0 Å². The number of halogens is 2. The van der Waals surface area contributed by atoms with Crippen LogP contribution in [0, 0.1) is 0 Å². The molecule has 3 heteroatoms. The van der Waals surface area contributed by atoms with Gasteiger partial charge in [0.25, 0.3) is 0 Å². The molecular formula is C18H12BrClO. The molecule has 0 aromatic heterocycles. The second kappa shape index (κ2) is 5.92. The highest BCUT2D eigenvalue weighted by atomic mass is 79.9.